The van der Waals surface area contributed by atoms with Crippen LogP contribution in [0, 0.1) is 13.8 Å². The van der Waals surface area contributed by atoms with Crippen molar-refractivity contribution < 1.29 is 0 Å². The Kier molecular flexibility index (Phi) is 5.56. The first-order valence-corrected chi connectivity index (χ1v) is 7.89. The molecule has 2 aromatic rings. The average molecular weight is 287 g/mol. The predicted molar refractivity (Wildman–Crippen MR) is 85.1 cm³/mol. The third kappa shape index (κ3) is 4.32. The number of nitrogens with zero attached hydrogens (tertiary/aromatic N) is 2. The SMILES string of the molecule is CCNC(CSc1ncccn1)c1cc(C)cc(C)c1. The Balaban J connectivity index is 2.10. The predicted octanol–water partition coefficient (Wildman–Crippen LogP) is 3.54. The molecule has 2 rings (SSSR count). The highest BCUT2D eigenvalue weighted by Crippen LogP contribution is 2.23. The molecule has 1 N–H and O–H groups in total. The van der Waals surface area contributed by atoms with Crippen LogP contribution in [0.15, 0.2) is 41.8 Å². The molecule has 0 fully saturated rings. The van der Waals surface area contributed by atoms with E-state index in [4.69, 9.17) is 0 Å². The van der Waals surface area contributed by atoms with Crippen LogP contribution in [-0.2, 0) is 0 Å². The number of aromatic nitrogens is 2. The van der Waals surface area contributed by atoms with E-state index in [9.17, 15) is 0 Å². The molecular weight excluding hydrogens is 266 g/mol. The maximum absolute atomic E-state index is 4.26. The van der Waals surface area contributed by atoms with Crippen molar-refractivity contribution in [2.24, 2.45) is 0 Å². The first kappa shape index (κ1) is 15.0. The maximum Gasteiger partial charge on any atom is 0.187 e. The van der Waals surface area contributed by atoms with Gasteiger partial charge in [-0.15, -0.1) is 0 Å². The van der Waals surface area contributed by atoms with Crippen LogP contribution in [0.2, 0.25) is 0 Å². The Morgan fingerprint density at radius 1 is 1.10 bits per heavy atom. The van der Waals surface area contributed by atoms with Crippen LogP contribution in [0.3, 0.4) is 0 Å². The monoisotopic (exact) mass is 287 g/mol. The fourth-order valence-electron chi connectivity index (χ4n) is 2.25. The van der Waals surface area contributed by atoms with Crippen molar-refractivity contribution in [1.82, 2.24) is 15.3 Å². The van der Waals surface area contributed by atoms with E-state index in [2.05, 4.69) is 54.3 Å². The highest BCUT2D eigenvalue weighted by atomic mass is 32.2. The van der Waals surface area contributed by atoms with Crippen molar-refractivity contribution in [2.75, 3.05) is 12.3 Å². The van der Waals surface area contributed by atoms with Crippen molar-refractivity contribution >= 4 is 11.8 Å². The van der Waals surface area contributed by atoms with Crippen molar-refractivity contribution in [2.45, 2.75) is 32.0 Å². The van der Waals surface area contributed by atoms with Crippen LogP contribution in [0.4, 0.5) is 0 Å². The highest BCUT2D eigenvalue weighted by Gasteiger charge is 2.12. The van der Waals surface area contributed by atoms with E-state index in [1.54, 1.807) is 24.2 Å². The molecule has 0 bridgehead atoms. The Labute approximate surface area is 125 Å². The topological polar surface area (TPSA) is 37.8 Å². The van der Waals surface area contributed by atoms with Gasteiger partial charge in [-0.3, -0.25) is 0 Å². The van der Waals surface area contributed by atoms with Gasteiger partial charge in [0.1, 0.15) is 0 Å². The van der Waals surface area contributed by atoms with Gasteiger partial charge in [-0.25, -0.2) is 9.97 Å². The van der Waals surface area contributed by atoms with E-state index in [0.717, 1.165) is 17.5 Å². The van der Waals surface area contributed by atoms with Gasteiger partial charge >= 0.3 is 0 Å². The lowest BCUT2D eigenvalue weighted by Crippen LogP contribution is -2.23. The van der Waals surface area contributed by atoms with Crippen LogP contribution < -0.4 is 5.32 Å². The zero-order valence-electron chi connectivity index (χ0n) is 12.3. The van der Waals surface area contributed by atoms with Gasteiger partial charge < -0.3 is 5.32 Å². The molecule has 1 aromatic carbocycles. The minimum absolute atomic E-state index is 0.326. The summed E-state index contributed by atoms with van der Waals surface area (Å²) in [6.07, 6.45) is 3.57. The van der Waals surface area contributed by atoms with Gasteiger partial charge in [0.05, 0.1) is 0 Å². The van der Waals surface area contributed by atoms with Crippen LogP contribution in [0.5, 0.6) is 0 Å². The Morgan fingerprint density at radius 3 is 2.35 bits per heavy atom. The molecule has 1 atom stereocenters. The number of aryl methyl sites for hydroxylation is 2. The van der Waals surface area contributed by atoms with Crippen LogP contribution in [-0.4, -0.2) is 22.3 Å². The van der Waals surface area contributed by atoms with Crippen LogP contribution in [0.25, 0.3) is 0 Å². The molecule has 1 aromatic heterocycles. The second-order valence-corrected chi connectivity index (χ2v) is 5.86. The second-order valence-electron chi connectivity index (χ2n) is 4.87. The van der Waals surface area contributed by atoms with Crippen molar-refractivity contribution in [3.63, 3.8) is 0 Å². The first-order valence-electron chi connectivity index (χ1n) is 6.90. The molecule has 0 radical (unpaired) electrons. The summed E-state index contributed by atoms with van der Waals surface area (Å²) in [4.78, 5) is 8.53. The van der Waals surface area contributed by atoms with Crippen molar-refractivity contribution in [3.05, 3.63) is 53.3 Å². The summed E-state index contributed by atoms with van der Waals surface area (Å²) in [6.45, 7) is 7.38. The number of hydrogen-bond donors (Lipinski definition) is 1. The number of thioether (sulfide) groups is 1. The Bertz CT molecular complexity index is 522. The van der Waals surface area contributed by atoms with E-state index in [1.165, 1.54) is 16.7 Å². The Hall–Kier alpha value is -1.39. The summed E-state index contributed by atoms with van der Waals surface area (Å²) in [5.74, 6) is 0.931. The first-order chi connectivity index (χ1) is 9.69. The van der Waals surface area contributed by atoms with Crippen LogP contribution >= 0.6 is 11.8 Å². The van der Waals surface area contributed by atoms with Gasteiger partial charge in [0.2, 0.25) is 0 Å². The van der Waals surface area contributed by atoms with E-state index >= 15 is 0 Å². The second kappa shape index (κ2) is 7.41. The van der Waals surface area contributed by atoms with E-state index in [0.29, 0.717) is 6.04 Å². The molecule has 1 unspecified atom stereocenters. The number of hydrogen-bond acceptors (Lipinski definition) is 4. The lowest BCUT2D eigenvalue weighted by atomic mass is 10.0. The summed E-state index contributed by atoms with van der Waals surface area (Å²) in [6, 6.07) is 8.89. The van der Waals surface area contributed by atoms with Crippen molar-refractivity contribution in [3.8, 4) is 0 Å². The standard InChI is InChI=1S/C16H21N3S/c1-4-17-15(11-20-16-18-6-5-7-19-16)14-9-12(2)8-13(3)10-14/h5-10,15,17H,4,11H2,1-3H3. The maximum atomic E-state index is 4.26. The molecule has 1 heterocycles. The van der Waals surface area contributed by atoms with Gasteiger partial charge in [0, 0.05) is 24.2 Å². The normalized spacial score (nSPS) is 12.3. The third-order valence-corrected chi connectivity index (χ3v) is 3.99. The van der Waals surface area contributed by atoms with Gasteiger partial charge in [-0.2, -0.15) is 0 Å². The van der Waals surface area contributed by atoms with Crippen molar-refractivity contribution in [1.29, 1.82) is 0 Å². The lowest BCUT2D eigenvalue weighted by Gasteiger charge is -2.18. The van der Waals surface area contributed by atoms with E-state index in [-0.39, 0.29) is 0 Å². The molecule has 0 spiro atoms. The summed E-state index contributed by atoms with van der Waals surface area (Å²) in [7, 11) is 0. The van der Waals surface area contributed by atoms with Gasteiger partial charge in [-0.1, -0.05) is 48.0 Å². The minimum atomic E-state index is 0.326. The molecule has 0 aliphatic heterocycles. The molecule has 3 nitrogen and oxygen atoms in total. The summed E-state index contributed by atoms with van der Waals surface area (Å²) in [5, 5.41) is 4.38. The smallest absolute Gasteiger partial charge is 0.187 e. The van der Waals surface area contributed by atoms with Gasteiger partial charge in [0.25, 0.3) is 0 Å². The fraction of sp³-hybridized carbons (Fsp3) is 0.375. The average Bonchev–Trinajstić information content (AvgIpc) is 2.43. The van der Waals surface area contributed by atoms with E-state index < -0.39 is 0 Å². The van der Waals surface area contributed by atoms with E-state index in [1.807, 2.05) is 6.07 Å². The van der Waals surface area contributed by atoms with Gasteiger partial charge in [0.15, 0.2) is 5.16 Å². The number of benzene rings is 1. The largest absolute Gasteiger partial charge is 0.309 e. The Morgan fingerprint density at radius 2 is 1.75 bits per heavy atom. The summed E-state index contributed by atoms with van der Waals surface area (Å²) >= 11 is 1.69. The zero-order chi connectivity index (χ0) is 14.4. The zero-order valence-corrected chi connectivity index (χ0v) is 13.1. The molecule has 0 aliphatic rings. The molecule has 0 aliphatic carbocycles. The fourth-order valence-corrected chi connectivity index (χ4v) is 3.15. The molecular formula is C16H21N3S. The summed E-state index contributed by atoms with van der Waals surface area (Å²) < 4.78 is 0. The highest BCUT2D eigenvalue weighted by molar-refractivity contribution is 7.99. The molecule has 106 valence electrons. The molecule has 0 amide bonds. The third-order valence-electron chi connectivity index (χ3n) is 3.02. The summed E-state index contributed by atoms with van der Waals surface area (Å²) in [5.41, 5.74) is 3.96. The quantitative estimate of drug-likeness (QED) is 0.651. The molecule has 4 heteroatoms. The lowest BCUT2D eigenvalue weighted by molar-refractivity contribution is 0.604. The molecule has 0 saturated heterocycles. The number of nitrogens with one attached hydrogen (secondary N) is 1. The minimum Gasteiger partial charge on any atom is -0.309 e. The molecule has 0 saturated carbocycles. The van der Waals surface area contributed by atoms with Crippen LogP contribution in [0.1, 0.15) is 29.7 Å². The van der Waals surface area contributed by atoms with Gasteiger partial charge in [-0.05, 0) is 32.0 Å². The number of rotatable bonds is 6. The molecule has 20 heavy (non-hydrogen) atoms.